The lowest BCUT2D eigenvalue weighted by Crippen LogP contribution is -2.25. The normalized spacial score (nSPS) is 15.5. The SMILES string of the molecule is Cc1cccc(C)c1OC[C@H](O)Cn1c(C2CC2)nc2ccccc21. The predicted molar refractivity (Wildman–Crippen MR) is 99.1 cm³/mol. The van der Waals surface area contributed by atoms with E-state index in [9.17, 15) is 5.11 Å². The summed E-state index contributed by atoms with van der Waals surface area (Å²) >= 11 is 0. The Bertz CT molecular complexity index is 876. The van der Waals surface area contributed by atoms with Gasteiger partial charge in [-0.3, -0.25) is 0 Å². The number of aliphatic hydroxyl groups is 1. The number of benzene rings is 2. The Balaban J connectivity index is 1.52. The summed E-state index contributed by atoms with van der Waals surface area (Å²) in [7, 11) is 0. The van der Waals surface area contributed by atoms with E-state index in [1.54, 1.807) is 0 Å². The molecule has 0 radical (unpaired) electrons. The summed E-state index contributed by atoms with van der Waals surface area (Å²) in [5.74, 6) is 2.52. The summed E-state index contributed by atoms with van der Waals surface area (Å²) in [6.45, 7) is 4.85. The molecule has 1 aliphatic rings. The van der Waals surface area contributed by atoms with Gasteiger partial charge in [-0.05, 0) is 49.9 Å². The van der Waals surface area contributed by atoms with Crippen LogP contribution >= 0.6 is 0 Å². The summed E-state index contributed by atoms with van der Waals surface area (Å²) in [6, 6.07) is 14.2. The fourth-order valence-corrected chi connectivity index (χ4v) is 3.41. The van der Waals surface area contributed by atoms with E-state index in [1.807, 2.05) is 50.2 Å². The maximum absolute atomic E-state index is 10.6. The van der Waals surface area contributed by atoms with Crippen LogP contribution in [0.1, 0.15) is 35.7 Å². The molecule has 25 heavy (non-hydrogen) atoms. The zero-order valence-electron chi connectivity index (χ0n) is 14.8. The third-order valence-electron chi connectivity index (χ3n) is 4.85. The number of ether oxygens (including phenoxy) is 1. The molecule has 4 heteroatoms. The average molecular weight is 336 g/mol. The zero-order valence-corrected chi connectivity index (χ0v) is 14.8. The minimum absolute atomic E-state index is 0.280. The number of rotatable bonds is 6. The third-order valence-corrected chi connectivity index (χ3v) is 4.85. The number of fused-ring (bicyclic) bond motifs is 1. The van der Waals surface area contributed by atoms with Crippen molar-refractivity contribution in [2.45, 2.75) is 45.3 Å². The Morgan fingerprint density at radius 3 is 2.56 bits per heavy atom. The Morgan fingerprint density at radius 1 is 1.12 bits per heavy atom. The van der Waals surface area contributed by atoms with Crippen LogP contribution in [0.5, 0.6) is 5.75 Å². The molecule has 1 fully saturated rings. The number of hydrogen-bond donors (Lipinski definition) is 1. The second-order valence-corrected chi connectivity index (χ2v) is 7.03. The van der Waals surface area contributed by atoms with E-state index in [1.165, 1.54) is 12.8 Å². The first kappa shape index (κ1) is 16.2. The lowest BCUT2D eigenvalue weighted by Gasteiger charge is -2.17. The summed E-state index contributed by atoms with van der Waals surface area (Å²) in [6.07, 6.45) is 1.81. The van der Waals surface area contributed by atoms with Crippen molar-refractivity contribution in [2.24, 2.45) is 0 Å². The van der Waals surface area contributed by atoms with Gasteiger partial charge in [0, 0.05) is 5.92 Å². The van der Waals surface area contributed by atoms with Gasteiger partial charge in [0.15, 0.2) is 0 Å². The van der Waals surface area contributed by atoms with E-state index in [4.69, 9.17) is 9.72 Å². The van der Waals surface area contributed by atoms with E-state index in [2.05, 4.69) is 10.6 Å². The van der Waals surface area contributed by atoms with Gasteiger partial charge >= 0.3 is 0 Å². The molecule has 2 aromatic carbocycles. The summed E-state index contributed by atoms with van der Waals surface area (Å²) in [5, 5.41) is 10.6. The van der Waals surface area contributed by atoms with Gasteiger partial charge in [-0.25, -0.2) is 4.98 Å². The van der Waals surface area contributed by atoms with Gasteiger partial charge in [0.05, 0.1) is 17.6 Å². The Morgan fingerprint density at radius 2 is 1.84 bits per heavy atom. The number of hydrogen-bond acceptors (Lipinski definition) is 3. The summed E-state index contributed by atoms with van der Waals surface area (Å²) in [5.41, 5.74) is 4.29. The minimum atomic E-state index is -0.575. The molecule has 1 N–H and O–H groups in total. The topological polar surface area (TPSA) is 47.3 Å². The van der Waals surface area contributed by atoms with Gasteiger partial charge in [0.2, 0.25) is 0 Å². The molecule has 0 spiro atoms. The van der Waals surface area contributed by atoms with Crippen LogP contribution in [-0.4, -0.2) is 27.4 Å². The molecule has 4 rings (SSSR count). The molecular weight excluding hydrogens is 312 g/mol. The molecule has 0 saturated heterocycles. The molecule has 1 saturated carbocycles. The van der Waals surface area contributed by atoms with Crippen LogP contribution < -0.4 is 4.74 Å². The van der Waals surface area contributed by atoms with Crippen LogP contribution in [0.15, 0.2) is 42.5 Å². The molecule has 3 aromatic rings. The molecule has 1 aromatic heterocycles. The second-order valence-electron chi connectivity index (χ2n) is 7.03. The number of nitrogens with zero attached hydrogens (tertiary/aromatic N) is 2. The van der Waals surface area contributed by atoms with Crippen LogP contribution in [0.4, 0.5) is 0 Å². The first-order chi connectivity index (χ1) is 12.1. The Labute approximate surface area is 148 Å². The highest BCUT2D eigenvalue weighted by Crippen LogP contribution is 2.40. The van der Waals surface area contributed by atoms with Crippen molar-refractivity contribution in [2.75, 3.05) is 6.61 Å². The molecule has 1 atom stereocenters. The largest absolute Gasteiger partial charge is 0.490 e. The number of para-hydroxylation sites is 3. The second kappa shape index (κ2) is 6.52. The predicted octanol–water partition coefficient (Wildman–Crippen LogP) is 3.97. The molecule has 130 valence electrons. The maximum Gasteiger partial charge on any atom is 0.125 e. The van der Waals surface area contributed by atoms with Gasteiger partial charge in [-0.1, -0.05) is 30.3 Å². The maximum atomic E-state index is 10.6. The Kier molecular flexibility index (Phi) is 4.22. The minimum Gasteiger partial charge on any atom is -0.490 e. The molecule has 0 bridgehead atoms. The average Bonchev–Trinajstić information content (AvgIpc) is 3.38. The highest BCUT2D eigenvalue weighted by atomic mass is 16.5. The third kappa shape index (κ3) is 3.27. The highest BCUT2D eigenvalue weighted by Gasteiger charge is 2.30. The van der Waals surface area contributed by atoms with E-state index >= 15 is 0 Å². The Hall–Kier alpha value is -2.33. The molecule has 0 unspecified atom stereocenters. The van der Waals surface area contributed by atoms with Gasteiger partial charge in [0.1, 0.15) is 24.3 Å². The molecule has 0 aliphatic heterocycles. The standard InChI is InChI=1S/C21H24N2O2/c1-14-6-5-7-15(2)20(14)25-13-17(24)12-23-19-9-4-3-8-18(19)22-21(23)16-10-11-16/h3-9,16-17,24H,10-13H2,1-2H3/t17-/m1/s1. The van der Waals surface area contributed by atoms with Crippen molar-refractivity contribution in [1.29, 1.82) is 0 Å². The monoisotopic (exact) mass is 336 g/mol. The van der Waals surface area contributed by atoms with E-state index < -0.39 is 6.10 Å². The highest BCUT2D eigenvalue weighted by molar-refractivity contribution is 5.76. The zero-order chi connectivity index (χ0) is 17.4. The number of aromatic nitrogens is 2. The van der Waals surface area contributed by atoms with Crippen molar-refractivity contribution < 1.29 is 9.84 Å². The van der Waals surface area contributed by atoms with Crippen LogP contribution in [0.25, 0.3) is 11.0 Å². The van der Waals surface area contributed by atoms with Crippen molar-refractivity contribution in [3.63, 3.8) is 0 Å². The van der Waals surface area contributed by atoms with E-state index in [0.717, 1.165) is 33.7 Å². The van der Waals surface area contributed by atoms with Crippen LogP contribution in [0, 0.1) is 13.8 Å². The molecular formula is C21H24N2O2. The lowest BCUT2D eigenvalue weighted by atomic mass is 10.1. The molecule has 1 heterocycles. The van der Waals surface area contributed by atoms with Crippen molar-refractivity contribution in [3.8, 4) is 5.75 Å². The van der Waals surface area contributed by atoms with E-state index in [0.29, 0.717) is 12.5 Å². The summed E-state index contributed by atoms with van der Waals surface area (Å²) in [4.78, 5) is 4.79. The lowest BCUT2D eigenvalue weighted by molar-refractivity contribution is 0.0920. The van der Waals surface area contributed by atoms with Crippen molar-refractivity contribution in [1.82, 2.24) is 9.55 Å². The first-order valence-corrected chi connectivity index (χ1v) is 8.95. The van der Waals surface area contributed by atoms with Gasteiger partial charge in [0.25, 0.3) is 0 Å². The van der Waals surface area contributed by atoms with Gasteiger partial charge < -0.3 is 14.4 Å². The van der Waals surface area contributed by atoms with Crippen LogP contribution in [0.2, 0.25) is 0 Å². The molecule has 0 amide bonds. The van der Waals surface area contributed by atoms with Gasteiger partial charge in [-0.15, -0.1) is 0 Å². The van der Waals surface area contributed by atoms with Crippen molar-refractivity contribution in [3.05, 3.63) is 59.4 Å². The smallest absolute Gasteiger partial charge is 0.125 e. The van der Waals surface area contributed by atoms with Crippen LogP contribution in [0.3, 0.4) is 0 Å². The quantitative estimate of drug-likeness (QED) is 0.741. The summed E-state index contributed by atoms with van der Waals surface area (Å²) < 4.78 is 8.09. The first-order valence-electron chi connectivity index (χ1n) is 8.95. The number of aryl methyl sites for hydroxylation is 2. The molecule has 1 aliphatic carbocycles. The van der Waals surface area contributed by atoms with Crippen LogP contribution in [-0.2, 0) is 6.54 Å². The van der Waals surface area contributed by atoms with E-state index in [-0.39, 0.29) is 6.61 Å². The fourth-order valence-electron chi connectivity index (χ4n) is 3.41. The number of imidazole rings is 1. The van der Waals surface area contributed by atoms with Gasteiger partial charge in [-0.2, -0.15) is 0 Å². The number of aliphatic hydroxyl groups excluding tert-OH is 1. The molecule has 4 nitrogen and oxygen atoms in total. The fraction of sp³-hybridized carbons (Fsp3) is 0.381. The van der Waals surface area contributed by atoms with Crippen molar-refractivity contribution >= 4 is 11.0 Å².